The number of amides is 2. The summed E-state index contributed by atoms with van der Waals surface area (Å²) in [5, 5.41) is 0. The molecule has 0 saturated carbocycles. The molecule has 2 amide bonds. The molecule has 2 saturated heterocycles. The number of carbonyl (C=O) groups excluding carboxylic acids is 2. The first-order valence-electron chi connectivity index (χ1n) is 24.4. The molecule has 4 heterocycles. The zero-order valence-corrected chi connectivity index (χ0v) is 37.4. The Bertz CT molecular complexity index is 2080. The van der Waals surface area contributed by atoms with Gasteiger partial charge in [-0.3, -0.25) is 19.4 Å². The molecule has 0 atom stereocenters. The molecular weight excluding hydrogens is 765 g/mol. The van der Waals surface area contributed by atoms with Gasteiger partial charge in [0, 0.05) is 103 Å². The van der Waals surface area contributed by atoms with E-state index in [0.717, 1.165) is 104 Å². The minimum absolute atomic E-state index is 0.319. The predicted octanol–water partition coefficient (Wildman–Crippen LogP) is 8.80. The van der Waals surface area contributed by atoms with E-state index in [1.807, 2.05) is 9.80 Å². The number of carbonyl (C=O) groups is 2. The van der Waals surface area contributed by atoms with Crippen LogP contribution in [0.25, 0.3) is 0 Å². The summed E-state index contributed by atoms with van der Waals surface area (Å²) in [7, 11) is 0. The van der Waals surface area contributed by atoms with E-state index in [1.54, 1.807) is 22.3 Å². The van der Waals surface area contributed by atoms with Gasteiger partial charge in [0.15, 0.2) is 0 Å². The maximum absolute atomic E-state index is 12.5. The smallest absolute Gasteiger partial charge is 0.223 e. The van der Waals surface area contributed by atoms with Crippen molar-refractivity contribution in [1.82, 2.24) is 19.6 Å². The quantitative estimate of drug-likeness (QED) is 0.119. The number of anilines is 2. The number of hydrogen-bond acceptors (Lipinski definition) is 6. The van der Waals surface area contributed by atoms with Gasteiger partial charge in [-0.25, -0.2) is 0 Å². The molecule has 0 bridgehead atoms. The molecule has 0 N–H and O–H groups in total. The maximum Gasteiger partial charge on any atom is 0.223 e. The molecule has 8 heteroatoms. The Morgan fingerprint density at radius 1 is 0.419 bits per heavy atom. The second-order valence-electron chi connectivity index (χ2n) is 18.9. The van der Waals surface area contributed by atoms with Crippen molar-refractivity contribution in [3.8, 4) is 0 Å². The molecule has 4 aromatic rings. The van der Waals surface area contributed by atoms with Crippen LogP contribution in [0.1, 0.15) is 109 Å². The number of piperazine rings is 2. The van der Waals surface area contributed by atoms with E-state index in [0.29, 0.717) is 24.7 Å². The van der Waals surface area contributed by atoms with Crippen LogP contribution in [0.4, 0.5) is 11.4 Å². The minimum Gasteiger partial charge on any atom is -0.369 e. The van der Waals surface area contributed by atoms with Gasteiger partial charge in [0.2, 0.25) is 11.8 Å². The molecule has 2 aliphatic carbocycles. The Hall–Kier alpha value is -4.66. The summed E-state index contributed by atoms with van der Waals surface area (Å²) in [4.78, 5) is 39.5. The Morgan fingerprint density at radius 2 is 0.903 bits per heavy atom. The fourth-order valence-corrected chi connectivity index (χ4v) is 11.0. The number of hydrogen-bond donors (Lipinski definition) is 0. The van der Waals surface area contributed by atoms with Crippen LogP contribution in [0.2, 0.25) is 0 Å². The van der Waals surface area contributed by atoms with E-state index >= 15 is 0 Å². The van der Waals surface area contributed by atoms with Crippen LogP contribution in [0.3, 0.4) is 0 Å². The molecule has 4 aromatic carbocycles. The molecule has 10 rings (SSSR count). The number of benzene rings is 4. The Kier molecular flexibility index (Phi) is 14.2. The van der Waals surface area contributed by atoms with Gasteiger partial charge in [-0.15, -0.1) is 0 Å². The van der Waals surface area contributed by atoms with E-state index in [4.69, 9.17) is 0 Å². The first-order valence-corrected chi connectivity index (χ1v) is 24.4. The average molecular weight is 835 g/mol. The van der Waals surface area contributed by atoms with Gasteiger partial charge in [-0.2, -0.15) is 0 Å². The SMILES string of the molecule is O=C(CCCCCN1CCN(c2ccc3c(c2)CCC3)CC1)N1Cc2ccccc2C1.O=C(CCCCCN1CCN(c2cccc3c2CCC3)CC1)N1Cc2ccccc2C1. The number of nitrogens with zero attached hydrogens (tertiary/aromatic N) is 6. The number of aryl methyl sites for hydroxylation is 3. The topological polar surface area (TPSA) is 53.6 Å². The standard InChI is InChI=1S/2C27H35N3O/c31-27(30-20-23-8-3-4-9-24(23)21-30)14-2-1-5-15-28-16-18-29(19-17-28)26-13-7-11-22-10-6-12-25(22)26;31-27(30-20-24-7-3-4-8-25(24)21-30)11-2-1-5-14-28-15-17-29(18-16-28)26-13-12-22-9-6-10-23(22)19-26/h3-4,7-9,11,13H,1-2,5-6,10,12,14-21H2;3-4,7-8,12-13,19H,1-2,5-6,9-11,14-18,20-21H2. The fourth-order valence-electron chi connectivity index (χ4n) is 11.0. The van der Waals surface area contributed by atoms with E-state index in [2.05, 4.69) is 105 Å². The lowest BCUT2D eigenvalue weighted by molar-refractivity contribution is -0.132. The largest absolute Gasteiger partial charge is 0.369 e. The molecular formula is C54H70N6O2. The number of unbranched alkanes of at least 4 members (excludes halogenated alkanes) is 4. The van der Waals surface area contributed by atoms with E-state index < -0.39 is 0 Å². The minimum atomic E-state index is 0.319. The highest BCUT2D eigenvalue weighted by Gasteiger charge is 2.25. The summed E-state index contributed by atoms with van der Waals surface area (Å²) in [6.07, 6.45) is 15.8. The molecule has 4 aliphatic heterocycles. The lowest BCUT2D eigenvalue weighted by Crippen LogP contribution is -2.46. The van der Waals surface area contributed by atoms with Gasteiger partial charge in [0.25, 0.3) is 0 Å². The van der Waals surface area contributed by atoms with Gasteiger partial charge in [-0.05, 0) is 140 Å². The van der Waals surface area contributed by atoms with Gasteiger partial charge >= 0.3 is 0 Å². The molecule has 0 spiro atoms. The van der Waals surface area contributed by atoms with Crippen molar-refractivity contribution >= 4 is 23.2 Å². The van der Waals surface area contributed by atoms with Crippen LogP contribution in [-0.2, 0) is 61.5 Å². The van der Waals surface area contributed by atoms with Crippen molar-refractivity contribution in [2.45, 2.75) is 116 Å². The normalized spacial score (nSPS) is 18.3. The number of rotatable bonds is 14. The monoisotopic (exact) mass is 835 g/mol. The van der Waals surface area contributed by atoms with Crippen LogP contribution in [0, 0.1) is 0 Å². The summed E-state index contributed by atoms with van der Waals surface area (Å²) in [5.41, 5.74) is 14.5. The highest BCUT2D eigenvalue weighted by Crippen LogP contribution is 2.32. The first kappa shape index (κ1) is 42.6. The predicted molar refractivity (Wildman–Crippen MR) is 253 cm³/mol. The van der Waals surface area contributed by atoms with Crippen LogP contribution < -0.4 is 9.80 Å². The van der Waals surface area contributed by atoms with Crippen LogP contribution in [0.15, 0.2) is 84.9 Å². The third-order valence-electron chi connectivity index (χ3n) is 14.8. The van der Waals surface area contributed by atoms with E-state index in [-0.39, 0.29) is 0 Å². The summed E-state index contributed by atoms with van der Waals surface area (Å²) in [5.74, 6) is 0.638. The van der Waals surface area contributed by atoms with E-state index in [9.17, 15) is 9.59 Å². The molecule has 8 nitrogen and oxygen atoms in total. The molecule has 0 aromatic heterocycles. The zero-order chi connectivity index (χ0) is 42.1. The Labute approximate surface area is 371 Å². The lowest BCUT2D eigenvalue weighted by atomic mass is 10.1. The Balaban J connectivity index is 0.000000158. The van der Waals surface area contributed by atoms with E-state index in [1.165, 1.54) is 98.1 Å². The summed E-state index contributed by atoms with van der Waals surface area (Å²) >= 11 is 0. The second kappa shape index (κ2) is 20.7. The van der Waals surface area contributed by atoms with Gasteiger partial charge in [-0.1, -0.05) is 79.6 Å². The summed E-state index contributed by atoms with van der Waals surface area (Å²) in [6.45, 7) is 14.7. The highest BCUT2D eigenvalue weighted by molar-refractivity contribution is 5.77. The molecule has 2 fully saturated rings. The zero-order valence-electron chi connectivity index (χ0n) is 37.4. The van der Waals surface area contributed by atoms with Crippen LogP contribution in [-0.4, -0.2) is 96.9 Å². The second-order valence-corrected chi connectivity index (χ2v) is 18.9. The van der Waals surface area contributed by atoms with Crippen molar-refractivity contribution in [1.29, 1.82) is 0 Å². The van der Waals surface area contributed by atoms with Crippen LogP contribution in [0.5, 0.6) is 0 Å². The van der Waals surface area contributed by atoms with Crippen molar-refractivity contribution < 1.29 is 9.59 Å². The molecule has 6 aliphatic rings. The molecule has 0 unspecified atom stereocenters. The first-order chi connectivity index (χ1) is 30.5. The molecule has 328 valence electrons. The fraction of sp³-hybridized carbons (Fsp3) is 0.519. The van der Waals surface area contributed by atoms with Gasteiger partial charge in [0.05, 0.1) is 0 Å². The van der Waals surface area contributed by atoms with Crippen molar-refractivity contribution in [3.05, 3.63) is 129 Å². The van der Waals surface area contributed by atoms with Crippen LogP contribution >= 0.6 is 0 Å². The third kappa shape index (κ3) is 10.6. The summed E-state index contributed by atoms with van der Waals surface area (Å²) in [6, 6.07) is 30.9. The molecule has 62 heavy (non-hydrogen) atoms. The highest BCUT2D eigenvalue weighted by atomic mass is 16.2. The average Bonchev–Trinajstić information content (AvgIpc) is 4.15. The van der Waals surface area contributed by atoms with Crippen molar-refractivity contribution in [2.75, 3.05) is 75.2 Å². The lowest BCUT2D eigenvalue weighted by Gasteiger charge is -2.37. The van der Waals surface area contributed by atoms with Gasteiger partial charge < -0.3 is 19.6 Å². The summed E-state index contributed by atoms with van der Waals surface area (Å²) < 4.78 is 0. The van der Waals surface area contributed by atoms with Gasteiger partial charge in [0.1, 0.15) is 0 Å². The Morgan fingerprint density at radius 3 is 1.47 bits per heavy atom. The number of fused-ring (bicyclic) bond motifs is 4. The van der Waals surface area contributed by atoms with Crippen molar-refractivity contribution in [2.24, 2.45) is 0 Å². The van der Waals surface area contributed by atoms with Crippen molar-refractivity contribution in [3.63, 3.8) is 0 Å². The third-order valence-corrected chi connectivity index (χ3v) is 14.8. The maximum atomic E-state index is 12.5. The molecule has 0 radical (unpaired) electrons.